The van der Waals surface area contributed by atoms with Crippen molar-refractivity contribution in [2.24, 2.45) is 0 Å². The predicted octanol–water partition coefficient (Wildman–Crippen LogP) is 3.86. The average molecular weight is 362 g/mol. The van der Waals surface area contributed by atoms with E-state index < -0.39 is 6.10 Å². The van der Waals surface area contributed by atoms with Gasteiger partial charge < -0.3 is 10.1 Å². The van der Waals surface area contributed by atoms with E-state index in [0.717, 1.165) is 29.9 Å². The van der Waals surface area contributed by atoms with E-state index in [9.17, 15) is 4.79 Å². The van der Waals surface area contributed by atoms with E-state index in [1.807, 2.05) is 32.0 Å². The standard InChI is InChI=1S/C19H24ClN3O2/c1-4-8-17-22-13(3)11-18(23-17)25-16(5-2)19(24)21-12-14-9-6-7-10-15(14)20/h6-7,9-11,16H,4-5,8,12H2,1-3H3,(H,21,24). The zero-order valence-electron chi connectivity index (χ0n) is 14.9. The van der Waals surface area contributed by atoms with Gasteiger partial charge in [0.2, 0.25) is 5.88 Å². The number of aryl methyl sites for hydroxylation is 2. The molecule has 5 nitrogen and oxygen atoms in total. The molecule has 134 valence electrons. The van der Waals surface area contributed by atoms with Gasteiger partial charge in [-0.1, -0.05) is 43.6 Å². The normalized spacial score (nSPS) is 11.8. The highest BCUT2D eigenvalue weighted by Gasteiger charge is 2.19. The van der Waals surface area contributed by atoms with Gasteiger partial charge >= 0.3 is 0 Å². The monoisotopic (exact) mass is 361 g/mol. The van der Waals surface area contributed by atoms with Gasteiger partial charge in [0.1, 0.15) is 5.82 Å². The first-order valence-electron chi connectivity index (χ1n) is 8.55. The lowest BCUT2D eigenvalue weighted by Crippen LogP contribution is -2.37. The van der Waals surface area contributed by atoms with Crippen LogP contribution in [0.25, 0.3) is 0 Å². The molecular weight excluding hydrogens is 338 g/mol. The van der Waals surface area contributed by atoms with Gasteiger partial charge in [0.05, 0.1) is 0 Å². The third-order valence-electron chi connectivity index (χ3n) is 3.69. The highest BCUT2D eigenvalue weighted by Crippen LogP contribution is 2.16. The number of halogens is 1. The van der Waals surface area contributed by atoms with E-state index in [-0.39, 0.29) is 5.91 Å². The van der Waals surface area contributed by atoms with Crippen LogP contribution >= 0.6 is 11.6 Å². The van der Waals surface area contributed by atoms with Gasteiger partial charge in [-0.2, -0.15) is 4.98 Å². The van der Waals surface area contributed by atoms with Crippen LogP contribution in [0.5, 0.6) is 5.88 Å². The summed E-state index contributed by atoms with van der Waals surface area (Å²) in [7, 11) is 0. The number of aromatic nitrogens is 2. The zero-order valence-corrected chi connectivity index (χ0v) is 15.6. The molecular formula is C19H24ClN3O2. The molecule has 1 heterocycles. The smallest absolute Gasteiger partial charge is 0.261 e. The van der Waals surface area contributed by atoms with E-state index in [4.69, 9.17) is 16.3 Å². The summed E-state index contributed by atoms with van der Waals surface area (Å²) in [4.78, 5) is 21.2. The summed E-state index contributed by atoms with van der Waals surface area (Å²) >= 11 is 6.12. The number of nitrogens with zero attached hydrogens (tertiary/aromatic N) is 2. The Morgan fingerprint density at radius 3 is 2.72 bits per heavy atom. The summed E-state index contributed by atoms with van der Waals surface area (Å²) in [6, 6.07) is 9.19. The van der Waals surface area contributed by atoms with Crippen molar-refractivity contribution in [3.05, 3.63) is 52.4 Å². The highest BCUT2D eigenvalue weighted by atomic mass is 35.5. The third-order valence-corrected chi connectivity index (χ3v) is 4.06. The summed E-state index contributed by atoms with van der Waals surface area (Å²) in [6.45, 7) is 6.23. The SMILES string of the molecule is CCCc1nc(C)cc(OC(CC)C(=O)NCc2ccccc2Cl)n1. The molecule has 0 bridgehead atoms. The van der Waals surface area contributed by atoms with Crippen molar-refractivity contribution in [3.8, 4) is 5.88 Å². The summed E-state index contributed by atoms with van der Waals surface area (Å²) in [5.41, 5.74) is 1.70. The summed E-state index contributed by atoms with van der Waals surface area (Å²) in [6.07, 6.45) is 1.68. The van der Waals surface area contributed by atoms with Crippen LogP contribution < -0.4 is 10.1 Å². The molecule has 1 unspecified atom stereocenters. The van der Waals surface area contributed by atoms with E-state index >= 15 is 0 Å². The molecule has 1 aromatic carbocycles. The Balaban J connectivity index is 2.01. The summed E-state index contributed by atoms with van der Waals surface area (Å²) < 4.78 is 5.82. The molecule has 0 radical (unpaired) electrons. The second-order valence-corrected chi connectivity index (χ2v) is 6.24. The second-order valence-electron chi connectivity index (χ2n) is 5.84. The Bertz CT molecular complexity index is 722. The Kier molecular flexibility index (Phi) is 7.19. The van der Waals surface area contributed by atoms with Crippen molar-refractivity contribution in [1.82, 2.24) is 15.3 Å². The van der Waals surface area contributed by atoms with Crippen molar-refractivity contribution >= 4 is 17.5 Å². The molecule has 1 N–H and O–H groups in total. The fourth-order valence-corrected chi connectivity index (χ4v) is 2.60. The quantitative estimate of drug-likeness (QED) is 0.775. The fraction of sp³-hybridized carbons (Fsp3) is 0.421. The number of carbonyl (C=O) groups is 1. The molecule has 0 fully saturated rings. The number of rotatable bonds is 8. The first kappa shape index (κ1) is 19.2. The van der Waals surface area contributed by atoms with E-state index in [2.05, 4.69) is 22.2 Å². The summed E-state index contributed by atoms with van der Waals surface area (Å²) in [5.74, 6) is 0.996. The van der Waals surface area contributed by atoms with Crippen LogP contribution in [-0.4, -0.2) is 22.0 Å². The summed E-state index contributed by atoms with van der Waals surface area (Å²) in [5, 5.41) is 3.51. The molecule has 0 saturated carbocycles. The highest BCUT2D eigenvalue weighted by molar-refractivity contribution is 6.31. The van der Waals surface area contributed by atoms with Gasteiger partial charge in [-0.3, -0.25) is 4.79 Å². The Morgan fingerprint density at radius 1 is 1.28 bits per heavy atom. The third kappa shape index (κ3) is 5.71. The minimum absolute atomic E-state index is 0.185. The first-order valence-corrected chi connectivity index (χ1v) is 8.93. The maximum atomic E-state index is 12.4. The number of hydrogen-bond acceptors (Lipinski definition) is 4. The lowest BCUT2D eigenvalue weighted by molar-refractivity contribution is -0.128. The van der Waals surface area contributed by atoms with Crippen LogP contribution in [0.4, 0.5) is 0 Å². The van der Waals surface area contributed by atoms with Gasteiger partial charge in [0.25, 0.3) is 5.91 Å². The number of amides is 1. The predicted molar refractivity (Wildman–Crippen MR) is 98.8 cm³/mol. The molecule has 2 aromatic rings. The first-order chi connectivity index (χ1) is 12.0. The van der Waals surface area contributed by atoms with Crippen LogP contribution in [-0.2, 0) is 17.8 Å². The van der Waals surface area contributed by atoms with Gasteiger partial charge in [0.15, 0.2) is 6.10 Å². The second kappa shape index (κ2) is 9.37. The maximum Gasteiger partial charge on any atom is 0.261 e. The number of hydrogen-bond donors (Lipinski definition) is 1. The molecule has 2 rings (SSSR count). The Morgan fingerprint density at radius 2 is 2.04 bits per heavy atom. The lowest BCUT2D eigenvalue weighted by Gasteiger charge is -2.17. The molecule has 0 aliphatic rings. The Labute approximate surface area is 153 Å². The van der Waals surface area contributed by atoms with Crippen LogP contribution in [0.3, 0.4) is 0 Å². The van der Waals surface area contributed by atoms with E-state index in [1.165, 1.54) is 0 Å². The van der Waals surface area contributed by atoms with Gasteiger partial charge in [0, 0.05) is 29.7 Å². The van der Waals surface area contributed by atoms with Crippen molar-refractivity contribution in [3.63, 3.8) is 0 Å². The van der Waals surface area contributed by atoms with Crippen molar-refractivity contribution in [1.29, 1.82) is 0 Å². The largest absolute Gasteiger partial charge is 0.464 e. The lowest BCUT2D eigenvalue weighted by atomic mass is 10.2. The molecule has 0 aliphatic carbocycles. The Hall–Kier alpha value is -2.14. The molecule has 0 saturated heterocycles. The van der Waals surface area contributed by atoms with E-state index in [1.54, 1.807) is 12.1 Å². The maximum absolute atomic E-state index is 12.4. The van der Waals surface area contributed by atoms with Crippen LogP contribution in [0.15, 0.2) is 30.3 Å². The van der Waals surface area contributed by atoms with Crippen LogP contribution in [0, 0.1) is 6.92 Å². The topological polar surface area (TPSA) is 64.1 Å². The molecule has 25 heavy (non-hydrogen) atoms. The van der Waals surface area contributed by atoms with Crippen molar-refractivity contribution in [2.45, 2.75) is 52.7 Å². The molecule has 1 amide bonds. The van der Waals surface area contributed by atoms with Crippen LogP contribution in [0.2, 0.25) is 5.02 Å². The minimum atomic E-state index is -0.605. The minimum Gasteiger partial charge on any atom is -0.464 e. The molecule has 1 atom stereocenters. The molecule has 0 spiro atoms. The van der Waals surface area contributed by atoms with Crippen molar-refractivity contribution < 1.29 is 9.53 Å². The van der Waals surface area contributed by atoms with Crippen LogP contribution in [0.1, 0.15) is 43.8 Å². The number of ether oxygens (including phenoxy) is 1. The van der Waals surface area contributed by atoms with Gasteiger partial charge in [-0.05, 0) is 31.4 Å². The number of nitrogens with one attached hydrogen (secondary N) is 1. The van der Waals surface area contributed by atoms with E-state index in [0.29, 0.717) is 23.9 Å². The molecule has 6 heteroatoms. The van der Waals surface area contributed by atoms with Crippen molar-refractivity contribution in [2.75, 3.05) is 0 Å². The molecule has 0 aliphatic heterocycles. The number of benzene rings is 1. The molecule has 1 aromatic heterocycles. The zero-order chi connectivity index (χ0) is 18.2. The number of carbonyl (C=O) groups excluding carboxylic acids is 1. The fourth-order valence-electron chi connectivity index (χ4n) is 2.40. The van der Waals surface area contributed by atoms with Gasteiger partial charge in [-0.15, -0.1) is 0 Å². The van der Waals surface area contributed by atoms with Gasteiger partial charge in [-0.25, -0.2) is 4.98 Å². The average Bonchev–Trinajstić information content (AvgIpc) is 2.58.